The molecular weight excluding hydrogens is 264 g/mol. The Bertz CT molecular complexity index is 567. The largest absolute Gasteiger partial charge is 0.383 e. The van der Waals surface area contributed by atoms with Crippen LogP contribution in [0, 0.1) is 6.92 Å². The van der Waals surface area contributed by atoms with Gasteiger partial charge in [-0.3, -0.25) is 0 Å². The van der Waals surface area contributed by atoms with Crippen LogP contribution in [0.25, 0.3) is 0 Å². The van der Waals surface area contributed by atoms with Gasteiger partial charge in [0.15, 0.2) is 9.84 Å². The molecule has 6 nitrogen and oxygen atoms in total. The second-order valence-corrected chi connectivity index (χ2v) is 7.89. The molecular formula is C12H22N4O2S. The molecule has 0 bridgehead atoms. The fraction of sp³-hybridized carbons (Fsp3) is 0.667. The molecule has 0 radical (unpaired) electrons. The van der Waals surface area contributed by atoms with Crippen molar-refractivity contribution in [3.63, 3.8) is 0 Å². The summed E-state index contributed by atoms with van der Waals surface area (Å²) in [5.41, 5.74) is 6.55. The minimum Gasteiger partial charge on any atom is -0.383 e. The van der Waals surface area contributed by atoms with Gasteiger partial charge in [0, 0.05) is 24.8 Å². The number of nitrogen functional groups attached to an aromatic ring is 1. The molecule has 0 aliphatic carbocycles. The zero-order valence-corrected chi connectivity index (χ0v) is 12.9. The van der Waals surface area contributed by atoms with Gasteiger partial charge in [-0.05, 0) is 20.8 Å². The van der Waals surface area contributed by atoms with E-state index in [2.05, 4.69) is 15.3 Å². The zero-order chi connectivity index (χ0) is 14.8. The zero-order valence-electron chi connectivity index (χ0n) is 12.1. The lowest BCUT2D eigenvalue weighted by Crippen LogP contribution is -2.38. The van der Waals surface area contributed by atoms with Crippen LogP contribution in [0.1, 0.15) is 32.2 Å². The van der Waals surface area contributed by atoms with E-state index in [1.54, 1.807) is 13.8 Å². The first-order chi connectivity index (χ1) is 8.58. The lowest BCUT2D eigenvalue weighted by atomic mass is 10.2. The van der Waals surface area contributed by atoms with Gasteiger partial charge in [0.1, 0.15) is 17.5 Å². The van der Waals surface area contributed by atoms with Crippen molar-refractivity contribution in [2.75, 3.05) is 23.9 Å². The van der Waals surface area contributed by atoms with E-state index in [1.807, 2.05) is 13.8 Å². The fourth-order valence-corrected chi connectivity index (χ4v) is 1.67. The van der Waals surface area contributed by atoms with Crippen LogP contribution < -0.4 is 11.1 Å². The smallest absolute Gasteiger partial charge is 0.154 e. The molecule has 0 aromatic carbocycles. The highest BCUT2D eigenvalue weighted by Crippen LogP contribution is 2.20. The van der Waals surface area contributed by atoms with Gasteiger partial charge in [-0.2, -0.15) is 0 Å². The summed E-state index contributed by atoms with van der Waals surface area (Å²) < 4.78 is 22.4. The maximum atomic E-state index is 11.7. The number of aryl methyl sites for hydroxylation is 1. The number of nitrogens with one attached hydrogen (secondary N) is 1. The molecule has 0 unspecified atom stereocenters. The van der Waals surface area contributed by atoms with E-state index in [0.29, 0.717) is 23.9 Å². The van der Waals surface area contributed by atoms with E-state index in [9.17, 15) is 8.42 Å². The van der Waals surface area contributed by atoms with Crippen molar-refractivity contribution in [2.24, 2.45) is 0 Å². The fourth-order valence-electron chi connectivity index (χ4n) is 1.34. The average molecular weight is 286 g/mol. The predicted octanol–water partition coefficient (Wildman–Crippen LogP) is 1.16. The first-order valence-electron chi connectivity index (χ1n) is 6.15. The molecule has 108 valence electrons. The van der Waals surface area contributed by atoms with Crippen LogP contribution in [0.4, 0.5) is 11.6 Å². The maximum absolute atomic E-state index is 11.7. The number of aromatic nitrogens is 2. The number of rotatable bonds is 5. The van der Waals surface area contributed by atoms with E-state index < -0.39 is 14.6 Å². The van der Waals surface area contributed by atoms with Crippen molar-refractivity contribution in [3.05, 3.63) is 11.4 Å². The number of nitrogens with zero attached hydrogens (tertiary/aromatic N) is 2. The molecule has 0 saturated carbocycles. The second-order valence-electron chi connectivity index (χ2n) is 5.24. The third-order valence-electron chi connectivity index (χ3n) is 3.23. The molecule has 0 amide bonds. The third-order valence-corrected chi connectivity index (χ3v) is 5.38. The Morgan fingerprint density at radius 1 is 1.32 bits per heavy atom. The third kappa shape index (κ3) is 3.56. The van der Waals surface area contributed by atoms with Gasteiger partial charge >= 0.3 is 0 Å². The number of nitrogens with two attached hydrogens (primary N) is 1. The van der Waals surface area contributed by atoms with E-state index in [4.69, 9.17) is 5.73 Å². The molecule has 7 heteroatoms. The van der Waals surface area contributed by atoms with Crippen molar-refractivity contribution in [1.29, 1.82) is 0 Å². The van der Waals surface area contributed by atoms with E-state index in [-0.39, 0.29) is 6.54 Å². The Morgan fingerprint density at radius 3 is 2.37 bits per heavy atom. The molecule has 1 heterocycles. The molecule has 0 aliphatic heterocycles. The first-order valence-corrected chi connectivity index (χ1v) is 8.04. The number of hydrogen-bond acceptors (Lipinski definition) is 6. The van der Waals surface area contributed by atoms with Crippen molar-refractivity contribution in [1.82, 2.24) is 9.97 Å². The maximum Gasteiger partial charge on any atom is 0.154 e. The summed E-state index contributed by atoms with van der Waals surface area (Å²) in [5.74, 6) is 1.66. The Morgan fingerprint density at radius 2 is 1.89 bits per heavy atom. The van der Waals surface area contributed by atoms with Crippen LogP contribution in [0.2, 0.25) is 0 Å². The molecule has 1 rings (SSSR count). The molecule has 19 heavy (non-hydrogen) atoms. The van der Waals surface area contributed by atoms with Gasteiger partial charge < -0.3 is 11.1 Å². The van der Waals surface area contributed by atoms with Gasteiger partial charge in [-0.25, -0.2) is 18.4 Å². The molecule has 0 aliphatic rings. The van der Waals surface area contributed by atoms with E-state index >= 15 is 0 Å². The van der Waals surface area contributed by atoms with Gasteiger partial charge in [0.2, 0.25) is 0 Å². The molecule has 3 N–H and O–H groups in total. The van der Waals surface area contributed by atoms with Crippen molar-refractivity contribution in [3.8, 4) is 0 Å². The predicted molar refractivity (Wildman–Crippen MR) is 78.0 cm³/mol. The molecule has 0 saturated heterocycles. The van der Waals surface area contributed by atoms with Crippen LogP contribution in [0.5, 0.6) is 0 Å². The summed E-state index contributed by atoms with van der Waals surface area (Å²) in [5, 5.41) is 3.07. The highest BCUT2D eigenvalue weighted by molar-refractivity contribution is 7.92. The molecule has 0 fully saturated rings. The van der Waals surface area contributed by atoms with Gasteiger partial charge in [-0.1, -0.05) is 6.92 Å². The van der Waals surface area contributed by atoms with Crippen LogP contribution in [0.3, 0.4) is 0 Å². The van der Waals surface area contributed by atoms with Gasteiger partial charge in [0.25, 0.3) is 0 Å². The lowest BCUT2D eigenvalue weighted by molar-refractivity contribution is 0.559. The summed E-state index contributed by atoms with van der Waals surface area (Å²) in [6, 6.07) is 0. The highest BCUT2D eigenvalue weighted by atomic mass is 32.2. The van der Waals surface area contributed by atoms with Crippen molar-refractivity contribution >= 4 is 21.5 Å². The normalized spacial score (nSPS) is 12.5. The summed E-state index contributed by atoms with van der Waals surface area (Å²) in [4.78, 5) is 8.49. The minimum atomic E-state index is -3.15. The Hall–Kier alpha value is -1.37. The monoisotopic (exact) mass is 286 g/mol. The summed E-state index contributed by atoms with van der Waals surface area (Å²) in [7, 11) is -3.15. The van der Waals surface area contributed by atoms with E-state index in [1.165, 1.54) is 6.26 Å². The van der Waals surface area contributed by atoms with Gasteiger partial charge in [0.05, 0.1) is 4.75 Å². The van der Waals surface area contributed by atoms with Crippen LogP contribution in [0.15, 0.2) is 0 Å². The standard InChI is InChI=1S/C12H22N4O2S/c1-6-9-15-10(13)8(2)11(16-9)14-7-12(3,4)19(5,17)18/h6-7H2,1-5H3,(H3,13,14,15,16). The number of sulfone groups is 1. The molecule has 1 aromatic heterocycles. The Labute approximate surface area is 114 Å². The number of hydrogen-bond donors (Lipinski definition) is 2. The quantitative estimate of drug-likeness (QED) is 0.843. The highest BCUT2D eigenvalue weighted by Gasteiger charge is 2.30. The summed E-state index contributed by atoms with van der Waals surface area (Å²) >= 11 is 0. The van der Waals surface area contributed by atoms with Gasteiger partial charge in [-0.15, -0.1) is 0 Å². The molecule has 0 spiro atoms. The van der Waals surface area contributed by atoms with Crippen LogP contribution in [-0.4, -0.2) is 35.9 Å². The summed E-state index contributed by atoms with van der Waals surface area (Å²) in [6.45, 7) is 7.37. The lowest BCUT2D eigenvalue weighted by Gasteiger charge is -2.23. The average Bonchev–Trinajstić information content (AvgIpc) is 2.29. The van der Waals surface area contributed by atoms with Crippen molar-refractivity contribution in [2.45, 2.75) is 38.9 Å². The molecule has 1 aromatic rings. The Kier molecular flexibility index (Phi) is 4.39. The second kappa shape index (κ2) is 5.32. The summed E-state index contributed by atoms with van der Waals surface area (Å²) in [6.07, 6.45) is 1.90. The Balaban J connectivity index is 2.98. The van der Waals surface area contributed by atoms with E-state index in [0.717, 1.165) is 5.56 Å². The van der Waals surface area contributed by atoms with Crippen molar-refractivity contribution < 1.29 is 8.42 Å². The van der Waals surface area contributed by atoms with Crippen LogP contribution in [-0.2, 0) is 16.3 Å². The minimum absolute atomic E-state index is 0.270. The first kappa shape index (κ1) is 15.7. The SMILES string of the molecule is CCc1nc(N)c(C)c(NCC(C)(C)S(C)(=O)=O)n1. The topological polar surface area (TPSA) is 98.0 Å². The van der Waals surface area contributed by atoms with Crippen LogP contribution >= 0.6 is 0 Å². The molecule has 0 atom stereocenters. The number of anilines is 2.